The van der Waals surface area contributed by atoms with Gasteiger partial charge in [0.1, 0.15) is 5.92 Å². The number of nitrogens with zero attached hydrogens (tertiary/aromatic N) is 1. The molecule has 0 radical (unpaired) electrons. The first-order valence-electron chi connectivity index (χ1n) is 9.08. The van der Waals surface area contributed by atoms with Crippen LogP contribution in [0.5, 0.6) is 0 Å². The molecule has 0 saturated heterocycles. The van der Waals surface area contributed by atoms with Gasteiger partial charge in [-0.25, -0.2) is 0 Å². The molecule has 136 valence electrons. The van der Waals surface area contributed by atoms with E-state index < -0.39 is 17.3 Å². The van der Waals surface area contributed by atoms with Gasteiger partial charge in [-0.2, -0.15) is 0 Å². The van der Waals surface area contributed by atoms with Gasteiger partial charge in [-0.1, -0.05) is 38.1 Å². The Balaban J connectivity index is 1.81. The molecule has 26 heavy (non-hydrogen) atoms. The molecule has 1 aromatic carbocycles. The maximum Gasteiger partial charge on any atom is 0.317 e. The van der Waals surface area contributed by atoms with Crippen molar-refractivity contribution in [3.05, 3.63) is 46.7 Å². The second-order valence-corrected chi connectivity index (χ2v) is 8.09. The highest BCUT2D eigenvalue weighted by molar-refractivity contribution is 6.26. The van der Waals surface area contributed by atoms with Crippen molar-refractivity contribution in [1.29, 1.82) is 0 Å². The molecule has 5 heteroatoms. The molecular formula is C21H23NO4. The number of Topliss-reactive ketones (excluding diaryl/α,β-unsaturated/α-hetero) is 2. The van der Waals surface area contributed by atoms with Gasteiger partial charge in [-0.05, 0) is 29.4 Å². The van der Waals surface area contributed by atoms with Gasteiger partial charge >= 0.3 is 5.97 Å². The zero-order valence-electron chi connectivity index (χ0n) is 15.4. The number of carbonyl (C=O) groups is 3. The Hall–Kier alpha value is -2.43. The van der Waals surface area contributed by atoms with Crippen molar-refractivity contribution < 1.29 is 19.1 Å². The van der Waals surface area contributed by atoms with Crippen LogP contribution in [-0.2, 0) is 25.5 Å². The summed E-state index contributed by atoms with van der Waals surface area (Å²) in [5.74, 6) is -1.98. The SMILES string of the molecule is COC(=O)[C@@H]1C(=O)C2=C(CC1(C)C)N1CCc3ccccc3[C@@H]1CC2=O. The van der Waals surface area contributed by atoms with Crippen molar-refractivity contribution in [2.45, 2.75) is 39.2 Å². The molecule has 2 atom stereocenters. The van der Waals surface area contributed by atoms with Crippen LogP contribution in [0.3, 0.4) is 0 Å². The minimum atomic E-state index is -0.913. The highest BCUT2D eigenvalue weighted by Crippen LogP contribution is 2.49. The monoisotopic (exact) mass is 353 g/mol. The molecule has 0 N–H and O–H groups in total. The van der Waals surface area contributed by atoms with E-state index in [1.807, 2.05) is 26.0 Å². The zero-order chi connectivity index (χ0) is 18.6. The first-order chi connectivity index (χ1) is 12.3. The number of rotatable bonds is 1. The fourth-order valence-corrected chi connectivity index (χ4v) is 4.82. The van der Waals surface area contributed by atoms with Crippen LogP contribution in [0, 0.1) is 11.3 Å². The van der Waals surface area contributed by atoms with Crippen LogP contribution in [0.1, 0.15) is 43.9 Å². The fraction of sp³-hybridized carbons (Fsp3) is 0.476. The predicted molar refractivity (Wildman–Crippen MR) is 95.2 cm³/mol. The molecule has 2 heterocycles. The summed E-state index contributed by atoms with van der Waals surface area (Å²) in [5.41, 5.74) is 2.92. The number of carbonyl (C=O) groups excluding carboxylic acids is 3. The van der Waals surface area contributed by atoms with Crippen molar-refractivity contribution in [2.24, 2.45) is 11.3 Å². The van der Waals surface area contributed by atoms with Crippen molar-refractivity contribution in [1.82, 2.24) is 4.90 Å². The molecule has 1 aliphatic carbocycles. The average Bonchev–Trinajstić information content (AvgIpc) is 2.60. The lowest BCUT2D eigenvalue weighted by Crippen LogP contribution is -2.51. The molecule has 0 bridgehead atoms. The average molecular weight is 353 g/mol. The Kier molecular flexibility index (Phi) is 3.79. The van der Waals surface area contributed by atoms with Gasteiger partial charge in [0, 0.05) is 18.7 Å². The third-order valence-corrected chi connectivity index (χ3v) is 6.06. The molecule has 1 aromatic rings. The first-order valence-corrected chi connectivity index (χ1v) is 9.08. The molecule has 4 rings (SSSR count). The van der Waals surface area contributed by atoms with Crippen LogP contribution in [0.2, 0.25) is 0 Å². The molecule has 0 unspecified atom stereocenters. The zero-order valence-corrected chi connectivity index (χ0v) is 15.4. The molecule has 3 aliphatic rings. The second kappa shape index (κ2) is 5.79. The minimum absolute atomic E-state index is 0.00974. The standard InChI is InChI=1S/C21H23NO4/c1-21(2)11-15-17(19(24)18(21)20(25)26-3)16(23)10-14-13-7-5-4-6-12(13)8-9-22(14)15/h4-7,14,18H,8-11H2,1-3H3/t14-,18-/m0/s1. The van der Waals surface area contributed by atoms with Crippen LogP contribution in [0.4, 0.5) is 0 Å². The number of ether oxygens (including phenoxy) is 1. The second-order valence-electron chi connectivity index (χ2n) is 8.09. The quantitative estimate of drug-likeness (QED) is 0.441. The third-order valence-electron chi connectivity index (χ3n) is 6.06. The van der Waals surface area contributed by atoms with Crippen LogP contribution >= 0.6 is 0 Å². The van der Waals surface area contributed by atoms with E-state index in [1.54, 1.807) is 0 Å². The number of allylic oxidation sites excluding steroid dienone is 2. The lowest BCUT2D eigenvalue weighted by Gasteiger charge is -2.48. The Bertz CT molecular complexity index is 851. The number of hydrogen-bond acceptors (Lipinski definition) is 5. The summed E-state index contributed by atoms with van der Waals surface area (Å²) >= 11 is 0. The van der Waals surface area contributed by atoms with E-state index in [0.29, 0.717) is 6.42 Å². The largest absolute Gasteiger partial charge is 0.468 e. The predicted octanol–water partition coefficient (Wildman–Crippen LogP) is 2.60. The van der Waals surface area contributed by atoms with Gasteiger partial charge < -0.3 is 9.64 Å². The van der Waals surface area contributed by atoms with Crippen LogP contribution in [-0.4, -0.2) is 36.1 Å². The van der Waals surface area contributed by atoms with Crippen LogP contribution in [0.25, 0.3) is 0 Å². The van der Waals surface area contributed by atoms with E-state index in [-0.39, 0.29) is 29.6 Å². The van der Waals surface area contributed by atoms with Crippen molar-refractivity contribution in [3.8, 4) is 0 Å². The summed E-state index contributed by atoms with van der Waals surface area (Å²) in [5, 5.41) is 0. The Morgan fingerprint density at radius 3 is 2.69 bits per heavy atom. The van der Waals surface area contributed by atoms with E-state index >= 15 is 0 Å². The molecule has 0 saturated carbocycles. The topological polar surface area (TPSA) is 63.7 Å². The third kappa shape index (κ3) is 2.33. The lowest BCUT2D eigenvalue weighted by atomic mass is 9.64. The Labute approximate surface area is 153 Å². The van der Waals surface area contributed by atoms with Crippen molar-refractivity contribution in [3.63, 3.8) is 0 Å². The van der Waals surface area contributed by atoms with Gasteiger partial charge in [-0.3, -0.25) is 14.4 Å². The van der Waals surface area contributed by atoms with Gasteiger partial charge in [-0.15, -0.1) is 0 Å². The number of ketones is 2. The van der Waals surface area contributed by atoms with Gasteiger partial charge in [0.25, 0.3) is 0 Å². The number of esters is 1. The molecule has 0 spiro atoms. The summed E-state index contributed by atoms with van der Waals surface area (Å²) in [4.78, 5) is 40.5. The Morgan fingerprint density at radius 2 is 1.96 bits per heavy atom. The maximum atomic E-state index is 13.1. The number of hydrogen-bond donors (Lipinski definition) is 0. The highest BCUT2D eigenvalue weighted by Gasteiger charge is 2.52. The molecule has 0 fully saturated rings. The van der Waals surface area contributed by atoms with E-state index in [9.17, 15) is 14.4 Å². The van der Waals surface area contributed by atoms with E-state index in [2.05, 4.69) is 17.0 Å². The van der Waals surface area contributed by atoms with E-state index in [1.165, 1.54) is 18.2 Å². The molecule has 5 nitrogen and oxygen atoms in total. The summed E-state index contributed by atoms with van der Waals surface area (Å²) in [6, 6.07) is 8.21. The normalized spacial score (nSPS) is 26.8. The highest BCUT2D eigenvalue weighted by atomic mass is 16.5. The lowest BCUT2D eigenvalue weighted by molar-refractivity contribution is -0.154. The van der Waals surface area contributed by atoms with E-state index in [4.69, 9.17) is 4.74 Å². The van der Waals surface area contributed by atoms with Crippen molar-refractivity contribution >= 4 is 17.5 Å². The first kappa shape index (κ1) is 17.0. The summed E-state index contributed by atoms with van der Waals surface area (Å²) in [6.45, 7) is 4.60. The Morgan fingerprint density at radius 1 is 1.23 bits per heavy atom. The number of fused-ring (bicyclic) bond motifs is 4. The van der Waals surface area contributed by atoms with E-state index in [0.717, 1.165) is 18.7 Å². The minimum Gasteiger partial charge on any atom is -0.468 e. The summed E-state index contributed by atoms with van der Waals surface area (Å²) in [7, 11) is 1.29. The molecule has 0 aromatic heterocycles. The van der Waals surface area contributed by atoms with Gasteiger partial charge in [0.2, 0.25) is 0 Å². The van der Waals surface area contributed by atoms with Crippen molar-refractivity contribution in [2.75, 3.05) is 13.7 Å². The van der Waals surface area contributed by atoms with Gasteiger partial charge in [0.15, 0.2) is 11.6 Å². The number of methoxy groups -OCH3 is 1. The molecular weight excluding hydrogens is 330 g/mol. The molecule has 2 aliphatic heterocycles. The van der Waals surface area contributed by atoms with Gasteiger partial charge in [0.05, 0.1) is 18.7 Å². The van der Waals surface area contributed by atoms with Crippen LogP contribution < -0.4 is 0 Å². The summed E-state index contributed by atoms with van der Waals surface area (Å²) in [6.07, 6.45) is 1.71. The smallest absolute Gasteiger partial charge is 0.317 e. The molecule has 0 amide bonds. The fourth-order valence-electron chi connectivity index (χ4n) is 4.82. The summed E-state index contributed by atoms with van der Waals surface area (Å²) < 4.78 is 4.86. The van der Waals surface area contributed by atoms with Crippen LogP contribution in [0.15, 0.2) is 35.5 Å². The number of benzene rings is 1. The maximum absolute atomic E-state index is 13.1.